The fourth-order valence-electron chi connectivity index (χ4n) is 1.64. The van der Waals surface area contributed by atoms with E-state index < -0.39 is 0 Å². The highest BCUT2D eigenvalue weighted by molar-refractivity contribution is 9.10. The van der Waals surface area contributed by atoms with E-state index in [1.54, 1.807) is 12.1 Å². The third-order valence-corrected chi connectivity index (χ3v) is 3.56. The van der Waals surface area contributed by atoms with Crippen LogP contribution in [0.1, 0.15) is 16.8 Å². The van der Waals surface area contributed by atoms with Crippen LogP contribution in [0.5, 0.6) is 0 Å². The lowest BCUT2D eigenvalue weighted by molar-refractivity contribution is 0.738. The third-order valence-electron chi connectivity index (χ3n) is 2.90. The molecule has 2 aromatic rings. The van der Waals surface area contributed by atoms with E-state index in [0.717, 1.165) is 21.4 Å². The molecule has 0 aliphatic rings. The van der Waals surface area contributed by atoms with Gasteiger partial charge >= 0.3 is 0 Å². The first-order chi connectivity index (χ1) is 8.61. The van der Waals surface area contributed by atoms with Gasteiger partial charge in [-0.3, -0.25) is 4.68 Å². The molecular formula is C13H13BrN4. The second kappa shape index (κ2) is 5.23. The Balaban J connectivity index is 2.11. The maximum Gasteiger partial charge on any atom is 0.0992 e. The second-order valence-electron chi connectivity index (χ2n) is 4.04. The maximum atomic E-state index is 8.80. The Hall–Kier alpha value is -1.80. The average molecular weight is 305 g/mol. The number of aryl methyl sites for hydroxylation is 1. The van der Waals surface area contributed by atoms with Gasteiger partial charge in [0.15, 0.2) is 0 Å². The zero-order valence-corrected chi connectivity index (χ0v) is 11.8. The largest absolute Gasteiger partial charge is 0.380 e. The Kier molecular flexibility index (Phi) is 3.68. The highest BCUT2D eigenvalue weighted by Gasteiger charge is 2.05. The molecule has 1 aromatic heterocycles. The first-order valence-corrected chi connectivity index (χ1v) is 6.32. The number of nitriles is 1. The topological polar surface area (TPSA) is 53.6 Å². The number of nitrogens with one attached hydrogen (secondary N) is 1. The summed E-state index contributed by atoms with van der Waals surface area (Å²) in [4.78, 5) is 0. The minimum atomic E-state index is 0.644. The molecule has 4 nitrogen and oxygen atoms in total. The summed E-state index contributed by atoms with van der Waals surface area (Å²) in [5.41, 5.74) is 3.92. The van der Waals surface area contributed by atoms with Crippen molar-refractivity contribution in [2.24, 2.45) is 7.05 Å². The number of benzene rings is 1. The molecule has 0 radical (unpaired) electrons. The van der Waals surface area contributed by atoms with Gasteiger partial charge in [0.1, 0.15) is 0 Å². The number of nitrogens with zero attached hydrogens (tertiary/aromatic N) is 3. The van der Waals surface area contributed by atoms with Crippen LogP contribution in [0.25, 0.3) is 0 Å². The van der Waals surface area contributed by atoms with Crippen LogP contribution in [0, 0.1) is 18.3 Å². The molecule has 1 aromatic carbocycles. The summed E-state index contributed by atoms with van der Waals surface area (Å²) in [5.74, 6) is 0. The molecule has 2 rings (SSSR count). The second-order valence-corrected chi connectivity index (χ2v) is 4.89. The van der Waals surface area contributed by atoms with Crippen molar-refractivity contribution in [1.29, 1.82) is 5.26 Å². The monoisotopic (exact) mass is 304 g/mol. The van der Waals surface area contributed by atoms with Crippen LogP contribution in [0.2, 0.25) is 0 Å². The van der Waals surface area contributed by atoms with E-state index in [4.69, 9.17) is 5.26 Å². The molecule has 1 N–H and O–H groups in total. The Bertz CT molecular complexity index is 610. The number of aromatic nitrogens is 2. The summed E-state index contributed by atoms with van der Waals surface area (Å²) in [6.45, 7) is 2.75. The predicted molar refractivity (Wildman–Crippen MR) is 74.1 cm³/mol. The summed E-state index contributed by atoms with van der Waals surface area (Å²) < 4.78 is 2.74. The van der Waals surface area contributed by atoms with E-state index in [9.17, 15) is 0 Å². The highest BCUT2D eigenvalue weighted by atomic mass is 79.9. The average Bonchev–Trinajstić information content (AvgIpc) is 2.68. The van der Waals surface area contributed by atoms with E-state index in [1.165, 1.54) is 0 Å². The fraction of sp³-hybridized carbons (Fsp3) is 0.231. The van der Waals surface area contributed by atoms with Gasteiger partial charge in [-0.2, -0.15) is 10.4 Å². The highest BCUT2D eigenvalue weighted by Crippen LogP contribution is 2.24. The third kappa shape index (κ3) is 2.54. The summed E-state index contributed by atoms with van der Waals surface area (Å²) in [6, 6.07) is 7.61. The van der Waals surface area contributed by atoms with Crippen LogP contribution >= 0.6 is 15.9 Å². The molecule has 18 heavy (non-hydrogen) atoms. The van der Waals surface area contributed by atoms with E-state index in [1.807, 2.05) is 30.9 Å². The van der Waals surface area contributed by atoms with Gasteiger partial charge in [0.2, 0.25) is 0 Å². The molecule has 1 heterocycles. The predicted octanol–water partition coefficient (Wildman–Crippen LogP) is 2.97. The van der Waals surface area contributed by atoms with Crippen LogP contribution in [0.3, 0.4) is 0 Å². The van der Waals surface area contributed by atoms with Crippen LogP contribution in [0.4, 0.5) is 5.69 Å². The minimum absolute atomic E-state index is 0.644. The Morgan fingerprint density at radius 3 is 2.83 bits per heavy atom. The van der Waals surface area contributed by atoms with Crippen molar-refractivity contribution in [1.82, 2.24) is 9.78 Å². The van der Waals surface area contributed by atoms with Crippen molar-refractivity contribution in [2.45, 2.75) is 13.5 Å². The van der Waals surface area contributed by atoms with Crippen molar-refractivity contribution in [3.63, 3.8) is 0 Å². The minimum Gasteiger partial charge on any atom is -0.380 e. The molecule has 0 saturated heterocycles. The zero-order chi connectivity index (χ0) is 13.1. The van der Waals surface area contributed by atoms with Crippen LogP contribution < -0.4 is 5.32 Å². The lowest BCUT2D eigenvalue weighted by Gasteiger charge is -2.08. The van der Waals surface area contributed by atoms with Crippen molar-refractivity contribution in [2.75, 3.05) is 5.32 Å². The maximum absolute atomic E-state index is 8.80. The smallest absolute Gasteiger partial charge is 0.0992 e. The SMILES string of the molecule is Cc1c(CNc2ccc(C#N)cc2Br)cnn1C. The summed E-state index contributed by atoms with van der Waals surface area (Å²) in [6.07, 6.45) is 1.86. The van der Waals surface area contributed by atoms with Gasteiger partial charge in [0.05, 0.1) is 17.8 Å². The van der Waals surface area contributed by atoms with E-state index in [0.29, 0.717) is 12.1 Å². The summed E-state index contributed by atoms with van der Waals surface area (Å²) in [5, 5.41) is 16.3. The normalized spacial score (nSPS) is 10.1. The lowest BCUT2D eigenvalue weighted by atomic mass is 10.2. The molecule has 0 saturated carbocycles. The molecule has 0 atom stereocenters. The molecule has 0 amide bonds. The zero-order valence-electron chi connectivity index (χ0n) is 10.2. The van der Waals surface area contributed by atoms with Crippen LogP contribution in [0.15, 0.2) is 28.9 Å². The lowest BCUT2D eigenvalue weighted by Crippen LogP contribution is -2.02. The number of hydrogen-bond donors (Lipinski definition) is 1. The van der Waals surface area contributed by atoms with E-state index in [-0.39, 0.29) is 0 Å². The molecule has 0 aliphatic carbocycles. The van der Waals surface area contributed by atoms with Crippen molar-refractivity contribution in [3.8, 4) is 6.07 Å². The van der Waals surface area contributed by atoms with Gasteiger partial charge in [0, 0.05) is 35.0 Å². The fourth-order valence-corrected chi connectivity index (χ4v) is 2.16. The Labute approximate surface area is 114 Å². The summed E-state index contributed by atoms with van der Waals surface area (Å²) >= 11 is 3.45. The van der Waals surface area contributed by atoms with Gasteiger partial charge in [-0.15, -0.1) is 0 Å². The van der Waals surface area contributed by atoms with Crippen LogP contribution in [-0.4, -0.2) is 9.78 Å². The number of anilines is 1. The van der Waals surface area contributed by atoms with E-state index >= 15 is 0 Å². The van der Waals surface area contributed by atoms with Gasteiger partial charge in [-0.05, 0) is 41.1 Å². The first-order valence-electron chi connectivity index (χ1n) is 5.53. The Morgan fingerprint density at radius 2 is 2.28 bits per heavy atom. The molecular weight excluding hydrogens is 292 g/mol. The Morgan fingerprint density at radius 1 is 1.50 bits per heavy atom. The van der Waals surface area contributed by atoms with Gasteiger partial charge in [0.25, 0.3) is 0 Å². The standard InChI is InChI=1S/C13H13BrN4/c1-9-11(8-17-18(9)2)7-16-13-4-3-10(6-15)5-12(13)14/h3-5,8,16H,7H2,1-2H3. The molecule has 0 fully saturated rings. The van der Waals surface area contributed by atoms with Crippen molar-refractivity contribution < 1.29 is 0 Å². The van der Waals surface area contributed by atoms with Gasteiger partial charge in [-0.25, -0.2) is 0 Å². The molecule has 0 unspecified atom stereocenters. The van der Waals surface area contributed by atoms with Crippen molar-refractivity contribution >= 4 is 21.6 Å². The number of rotatable bonds is 3. The summed E-state index contributed by atoms with van der Waals surface area (Å²) in [7, 11) is 1.93. The van der Waals surface area contributed by atoms with Gasteiger partial charge in [-0.1, -0.05) is 0 Å². The molecule has 0 aliphatic heterocycles. The number of halogens is 1. The quantitative estimate of drug-likeness (QED) is 0.948. The molecule has 0 spiro atoms. The number of hydrogen-bond acceptors (Lipinski definition) is 3. The van der Waals surface area contributed by atoms with Gasteiger partial charge < -0.3 is 5.32 Å². The molecule has 0 bridgehead atoms. The first kappa shape index (κ1) is 12.7. The molecule has 5 heteroatoms. The van der Waals surface area contributed by atoms with Crippen molar-refractivity contribution in [3.05, 3.63) is 45.7 Å². The van der Waals surface area contributed by atoms with Crippen LogP contribution in [-0.2, 0) is 13.6 Å². The molecule has 92 valence electrons. The van der Waals surface area contributed by atoms with E-state index in [2.05, 4.69) is 32.4 Å².